The first-order valence-corrected chi connectivity index (χ1v) is 13.3. The van der Waals surface area contributed by atoms with Gasteiger partial charge < -0.3 is 25.3 Å². The van der Waals surface area contributed by atoms with Gasteiger partial charge in [-0.15, -0.1) is 0 Å². The number of halogens is 3. The fourth-order valence-corrected chi connectivity index (χ4v) is 5.23. The van der Waals surface area contributed by atoms with Crippen molar-refractivity contribution in [3.05, 3.63) is 36.3 Å². The summed E-state index contributed by atoms with van der Waals surface area (Å²) in [7, 11) is -0.819. The monoisotopic (exact) mass is 568 g/mol. The van der Waals surface area contributed by atoms with Crippen LogP contribution in [0.15, 0.2) is 30.7 Å². The van der Waals surface area contributed by atoms with Gasteiger partial charge in [-0.05, 0) is 63.5 Å². The average molecular weight is 568 g/mol. The Morgan fingerprint density at radius 2 is 1.85 bits per heavy atom. The summed E-state index contributed by atoms with van der Waals surface area (Å²) in [6.45, 7) is 7.71. The van der Waals surface area contributed by atoms with Gasteiger partial charge in [0.25, 0.3) is 5.91 Å². The third-order valence-corrected chi connectivity index (χ3v) is 8.34. The van der Waals surface area contributed by atoms with Crippen LogP contribution < -0.4 is 27.2 Å². The van der Waals surface area contributed by atoms with E-state index in [0.717, 1.165) is 0 Å². The molecular formula is C27H30BF3N7O3+. The first kappa shape index (κ1) is 27.3. The van der Waals surface area contributed by atoms with E-state index in [2.05, 4.69) is 25.3 Å². The van der Waals surface area contributed by atoms with E-state index < -0.39 is 42.4 Å². The molecule has 1 atom stereocenters. The molecule has 0 spiro atoms. The first-order chi connectivity index (χ1) is 19.2. The van der Waals surface area contributed by atoms with Crippen LogP contribution in [-0.4, -0.2) is 51.4 Å². The van der Waals surface area contributed by atoms with Crippen LogP contribution in [0.3, 0.4) is 0 Å². The van der Waals surface area contributed by atoms with Crippen LogP contribution >= 0.6 is 0 Å². The molecule has 41 heavy (non-hydrogen) atoms. The Balaban J connectivity index is 1.61. The van der Waals surface area contributed by atoms with Gasteiger partial charge >= 0.3 is 19.2 Å². The number of nitrogen functional groups attached to an aromatic ring is 1. The zero-order valence-electron chi connectivity index (χ0n) is 22.9. The number of amides is 1. The van der Waals surface area contributed by atoms with Crippen LogP contribution in [0.1, 0.15) is 50.9 Å². The molecule has 7 N–H and O–H groups in total. The van der Waals surface area contributed by atoms with Crippen molar-refractivity contribution in [1.82, 2.24) is 15.0 Å². The van der Waals surface area contributed by atoms with E-state index in [0.29, 0.717) is 45.7 Å². The van der Waals surface area contributed by atoms with E-state index in [1.165, 1.54) is 6.20 Å². The SMILES string of the molecule is CC1(C)OB(c2cc3c(cc2-c2cnc(N)[nH+]c2)[nH]c2c(C(N)=O)cnc(N[C@H](C4CC4)C(F)(F)F)c23)OC1(C)C. The Hall–Kier alpha value is -3.91. The second kappa shape index (κ2) is 9.05. The number of H-pyrrole nitrogens is 2. The molecule has 0 unspecified atom stereocenters. The molecular weight excluding hydrogens is 538 g/mol. The Bertz CT molecular complexity index is 1670. The molecule has 14 heteroatoms. The maximum atomic E-state index is 14.0. The number of rotatable bonds is 6. The van der Waals surface area contributed by atoms with Crippen molar-refractivity contribution in [1.29, 1.82) is 0 Å². The Morgan fingerprint density at radius 1 is 1.17 bits per heavy atom. The molecule has 2 fully saturated rings. The topological polar surface area (TPSA) is 155 Å². The van der Waals surface area contributed by atoms with Gasteiger partial charge in [0, 0.05) is 22.7 Å². The number of nitrogens with zero attached hydrogens (tertiary/aromatic N) is 2. The molecule has 1 aliphatic carbocycles. The minimum Gasteiger partial charge on any atom is -0.399 e. The van der Waals surface area contributed by atoms with E-state index in [1.54, 1.807) is 18.5 Å². The van der Waals surface area contributed by atoms with Crippen LogP contribution in [0.25, 0.3) is 32.9 Å². The number of hydrogen-bond donors (Lipinski definition) is 4. The number of fused-ring (bicyclic) bond motifs is 3. The lowest BCUT2D eigenvalue weighted by Crippen LogP contribution is -2.41. The summed E-state index contributed by atoms with van der Waals surface area (Å²) in [5.74, 6) is -1.09. The lowest BCUT2D eigenvalue weighted by molar-refractivity contribution is -0.363. The van der Waals surface area contributed by atoms with Gasteiger partial charge in [0.15, 0.2) is 0 Å². The van der Waals surface area contributed by atoms with E-state index >= 15 is 0 Å². The van der Waals surface area contributed by atoms with Crippen LogP contribution in [0.2, 0.25) is 0 Å². The highest BCUT2D eigenvalue weighted by atomic mass is 19.4. The Morgan fingerprint density at radius 3 is 2.41 bits per heavy atom. The second-order valence-corrected chi connectivity index (χ2v) is 11.7. The highest BCUT2D eigenvalue weighted by Gasteiger charge is 2.53. The molecule has 1 aliphatic heterocycles. The van der Waals surface area contributed by atoms with Gasteiger partial charge in [-0.1, -0.05) is 11.1 Å². The number of nitrogens with two attached hydrogens (primary N) is 2. The van der Waals surface area contributed by atoms with Crippen molar-refractivity contribution in [2.45, 2.75) is 64.0 Å². The number of benzene rings is 1. The number of nitrogens with one attached hydrogen (secondary N) is 3. The smallest absolute Gasteiger partial charge is 0.399 e. The largest absolute Gasteiger partial charge is 0.495 e. The van der Waals surface area contributed by atoms with Crippen LogP contribution in [0.4, 0.5) is 24.9 Å². The summed E-state index contributed by atoms with van der Waals surface area (Å²) < 4.78 is 54.8. The minimum atomic E-state index is -4.48. The molecule has 2 aliphatic rings. The summed E-state index contributed by atoms with van der Waals surface area (Å²) in [4.78, 5) is 26.9. The van der Waals surface area contributed by atoms with Gasteiger partial charge in [-0.25, -0.2) is 9.97 Å². The summed E-state index contributed by atoms with van der Waals surface area (Å²) in [6, 6.07) is 1.83. The first-order valence-electron chi connectivity index (χ1n) is 13.3. The molecule has 10 nitrogen and oxygen atoms in total. The fraction of sp³-hybridized carbons (Fsp3) is 0.407. The average Bonchev–Trinajstić information content (AvgIpc) is 3.59. The molecule has 1 amide bonds. The van der Waals surface area contributed by atoms with E-state index in [4.69, 9.17) is 20.8 Å². The third kappa shape index (κ3) is 4.64. The lowest BCUT2D eigenvalue weighted by Gasteiger charge is -2.32. The molecule has 1 aromatic carbocycles. The fourth-order valence-electron chi connectivity index (χ4n) is 5.23. The summed E-state index contributed by atoms with van der Waals surface area (Å²) in [5.41, 5.74) is 12.9. The summed E-state index contributed by atoms with van der Waals surface area (Å²) >= 11 is 0. The maximum Gasteiger partial charge on any atom is 0.495 e. The second-order valence-electron chi connectivity index (χ2n) is 11.7. The molecule has 6 rings (SSSR count). The minimum absolute atomic E-state index is 0.000535. The Labute approximate surface area is 233 Å². The zero-order valence-corrected chi connectivity index (χ0v) is 22.9. The number of carbonyl (C=O) groups excluding carboxylic acids is 1. The van der Waals surface area contributed by atoms with Crippen molar-refractivity contribution in [3.63, 3.8) is 0 Å². The number of pyridine rings is 1. The standard InChI is InChI=1S/C27H29BF3N7O3/c1-25(2)26(3,4)41-28(40-25)17-7-15-18(8-14(17)13-9-35-24(33)36-10-13)37-20-16(22(32)39)11-34-23(19(15)20)38-21(12-5-6-12)27(29,30)31/h7-12,21,37H,5-6H2,1-4H3,(H2,32,39)(H,34,38)(H2,33,35,36)/p+1/t21-/m1/s1. The number of aromatic nitrogens is 4. The predicted molar refractivity (Wildman–Crippen MR) is 148 cm³/mol. The van der Waals surface area contributed by atoms with Gasteiger partial charge in [0.2, 0.25) is 0 Å². The van der Waals surface area contributed by atoms with Crippen LogP contribution in [-0.2, 0) is 9.31 Å². The van der Waals surface area contributed by atoms with Gasteiger partial charge in [0.05, 0.1) is 33.9 Å². The van der Waals surface area contributed by atoms with E-state index in [1.807, 2.05) is 33.8 Å². The van der Waals surface area contributed by atoms with Crippen molar-refractivity contribution >= 4 is 52.1 Å². The molecule has 0 radical (unpaired) electrons. The lowest BCUT2D eigenvalue weighted by atomic mass is 9.74. The molecule has 1 saturated carbocycles. The van der Waals surface area contributed by atoms with E-state index in [-0.39, 0.29) is 22.8 Å². The number of anilines is 2. The van der Waals surface area contributed by atoms with Crippen molar-refractivity contribution in [2.24, 2.45) is 11.7 Å². The summed E-state index contributed by atoms with van der Waals surface area (Å²) in [6.07, 6.45) is 0.928. The van der Waals surface area contributed by atoms with E-state index in [9.17, 15) is 18.0 Å². The van der Waals surface area contributed by atoms with Gasteiger partial charge in [0.1, 0.15) is 18.1 Å². The number of hydrogen-bond acceptors (Lipinski definition) is 7. The van der Waals surface area contributed by atoms with Crippen LogP contribution in [0.5, 0.6) is 0 Å². The van der Waals surface area contributed by atoms with Gasteiger partial charge in [-0.3, -0.25) is 10.5 Å². The maximum absolute atomic E-state index is 14.0. The molecule has 214 valence electrons. The highest BCUT2D eigenvalue weighted by Crippen LogP contribution is 2.44. The normalized spacial score (nSPS) is 19.1. The predicted octanol–water partition coefficient (Wildman–Crippen LogP) is 3.33. The number of primary amides is 1. The van der Waals surface area contributed by atoms with Gasteiger partial charge in [-0.2, -0.15) is 13.2 Å². The third-order valence-electron chi connectivity index (χ3n) is 8.34. The summed E-state index contributed by atoms with van der Waals surface area (Å²) in [5, 5.41) is 3.48. The zero-order chi connectivity index (χ0) is 29.5. The van der Waals surface area contributed by atoms with Crippen molar-refractivity contribution < 1.29 is 32.3 Å². The quantitative estimate of drug-likeness (QED) is 0.260. The molecule has 0 bridgehead atoms. The number of aromatic amines is 2. The molecule has 1 saturated heterocycles. The van der Waals surface area contributed by atoms with Crippen LogP contribution in [0, 0.1) is 5.92 Å². The molecule has 4 heterocycles. The Kier molecular flexibility index (Phi) is 6.02. The number of alkyl halides is 3. The number of carbonyl (C=O) groups is 1. The van der Waals surface area contributed by atoms with Crippen molar-refractivity contribution in [2.75, 3.05) is 11.1 Å². The molecule has 4 aromatic rings. The molecule has 3 aromatic heterocycles. The van der Waals surface area contributed by atoms with Crippen molar-refractivity contribution in [3.8, 4) is 11.1 Å². The highest BCUT2D eigenvalue weighted by molar-refractivity contribution is 6.64.